The van der Waals surface area contributed by atoms with Crippen LogP contribution in [-0.4, -0.2) is 17.9 Å². The van der Waals surface area contributed by atoms with Crippen molar-refractivity contribution in [2.24, 2.45) is 0 Å². The molecule has 88 valence electrons. The minimum absolute atomic E-state index is 0.107. The first-order chi connectivity index (χ1) is 7.44. The molecule has 0 N–H and O–H groups in total. The second-order valence-electron chi connectivity index (χ2n) is 4.11. The number of fused-ring (bicyclic) bond motifs is 1. The lowest BCUT2D eigenvalue weighted by Crippen LogP contribution is -2.35. The molecule has 3 heteroatoms. The Labute approximate surface area is 96.1 Å². The van der Waals surface area contributed by atoms with Crippen molar-refractivity contribution in [1.82, 2.24) is 4.90 Å². The first kappa shape index (κ1) is 12.7. The van der Waals surface area contributed by atoms with Crippen LogP contribution in [0.15, 0.2) is 18.2 Å². The van der Waals surface area contributed by atoms with Crippen LogP contribution >= 0.6 is 0 Å². The molecule has 2 nitrogen and oxygen atoms in total. The average molecular weight is 223 g/mol. The number of rotatable bonds is 0. The molecule has 1 amide bonds. The molecular weight excluding hydrogens is 205 g/mol. The van der Waals surface area contributed by atoms with Crippen molar-refractivity contribution >= 4 is 5.91 Å². The van der Waals surface area contributed by atoms with Crippen LogP contribution in [0.25, 0.3) is 0 Å². The fraction of sp³-hybridized carbons (Fsp3) is 0.462. The summed E-state index contributed by atoms with van der Waals surface area (Å²) in [5.41, 5.74) is 1.05. The number of carbonyl (C=O) groups excluding carboxylic acids is 1. The van der Waals surface area contributed by atoms with Crippen LogP contribution in [0.3, 0.4) is 0 Å². The zero-order valence-electron chi connectivity index (χ0n) is 10.5. The maximum Gasteiger partial charge on any atom is 0.254 e. The average Bonchev–Trinajstić information content (AvgIpc) is 2.43. The Morgan fingerprint density at radius 1 is 1.25 bits per heavy atom. The lowest BCUT2D eigenvalue weighted by molar-refractivity contribution is 0.0691. The molecule has 1 heterocycles. The Hall–Kier alpha value is -1.38. The second kappa shape index (κ2) is 4.24. The number of benzene rings is 1. The van der Waals surface area contributed by atoms with E-state index in [9.17, 15) is 9.18 Å². The van der Waals surface area contributed by atoms with Gasteiger partial charge in [0.15, 0.2) is 0 Å². The van der Waals surface area contributed by atoms with E-state index in [4.69, 9.17) is 0 Å². The van der Waals surface area contributed by atoms with Gasteiger partial charge < -0.3 is 4.90 Å². The van der Waals surface area contributed by atoms with Crippen LogP contribution in [0.4, 0.5) is 4.39 Å². The molecule has 1 aromatic carbocycles. The normalized spacial score (nSPS) is 16.6. The largest absolute Gasteiger partial charge is 0.332 e. The number of amides is 1. The van der Waals surface area contributed by atoms with E-state index in [2.05, 4.69) is 0 Å². The molecule has 0 unspecified atom stereocenters. The summed E-state index contributed by atoms with van der Waals surface area (Å²) >= 11 is 0. The van der Waals surface area contributed by atoms with Gasteiger partial charge >= 0.3 is 0 Å². The standard InChI is InChI=1S/C11H12FNO.C2H6/c1-11(2)9-5-4-7(12)6-8(9)10(14)13(11)3;1-2/h4-6H,1-3H3;1-2H3. The van der Waals surface area contributed by atoms with Gasteiger partial charge in [-0.2, -0.15) is 0 Å². The van der Waals surface area contributed by atoms with Gasteiger partial charge in [-0.15, -0.1) is 0 Å². The van der Waals surface area contributed by atoms with Gasteiger partial charge in [-0.25, -0.2) is 4.39 Å². The van der Waals surface area contributed by atoms with Crippen molar-refractivity contribution in [1.29, 1.82) is 0 Å². The molecule has 0 atom stereocenters. The highest BCUT2D eigenvalue weighted by Crippen LogP contribution is 2.37. The summed E-state index contributed by atoms with van der Waals surface area (Å²) in [6.07, 6.45) is 0. The number of nitrogens with zero attached hydrogens (tertiary/aromatic N) is 1. The van der Waals surface area contributed by atoms with E-state index < -0.39 is 0 Å². The summed E-state index contributed by atoms with van der Waals surface area (Å²) in [5.74, 6) is -0.465. The van der Waals surface area contributed by atoms with Crippen molar-refractivity contribution in [3.05, 3.63) is 35.1 Å². The predicted molar refractivity (Wildman–Crippen MR) is 62.9 cm³/mol. The Morgan fingerprint density at radius 2 is 1.81 bits per heavy atom. The lowest BCUT2D eigenvalue weighted by Gasteiger charge is -2.28. The maximum absolute atomic E-state index is 12.9. The second-order valence-corrected chi connectivity index (χ2v) is 4.11. The number of hydrogen-bond acceptors (Lipinski definition) is 1. The monoisotopic (exact) mass is 223 g/mol. The number of hydrogen-bond donors (Lipinski definition) is 0. The molecule has 0 aliphatic carbocycles. The van der Waals surface area contributed by atoms with E-state index in [1.807, 2.05) is 27.7 Å². The Morgan fingerprint density at radius 3 is 2.38 bits per heavy atom. The van der Waals surface area contributed by atoms with E-state index in [0.29, 0.717) is 5.56 Å². The lowest BCUT2D eigenvalue weighted by atomic mass is 9.94. The summed E-state index contributed by atoms with van der Waals surface area (Å²) in [6.45, 7) is 7.91. The third-order valence-corrected chi connectivity index (χ3v) is 3.01. The molecule has 0 bridgehead atoms. The van der Waals surface area contributed by atoms with E-state index in [0.717, 1.165) is 5.56 Å². The van der Waals surface area contributed by atoms with Crippen molar-refractivity contribution in [3.63, 3.8) is 0 Å². The summed E-state index contributed by atoms with van der Waals surface area (Å²) in [6, 6.07) is 4.39. The quantitative estimate of drug-likeness (QED) is 0.661. The number of carbonyl (C=O) groups is 1. The summed E-state index contributed by atoms with van der Waals surface area (Å²) < 4.78 is 12.9. The topological polar surface area (TPSA) is 20.3 Å². The molecular formula is C13H18FNO. The Balaban J connectivity index is 0.000000606. The highest BCUT2D eigenvalue weighted by molar-refractivity contribution is 5.99. The molecule has 1 aliphatic rings. The van der Waals surface area contributed by atoms with Crippen molar-refractivity contribution in [2.75, 3.05) is 7.05 Å². The summed E-state index contributed by atoms with van der Waals surface area (Å²) in [5, 5.41) is 0. The Kier molecular flexibility index (Phi) is 3.36. The van der Waals surface area contributed by atoms with Crippen LogP contribution in [0.5, 0.6) is 0 Å². The zero-order valence-corrected chi connectivity index (χ0v) is 10.5. The highest BCUT2D eigenvalue weighted by atomic mass is 19.1. The number of halogens is 1. The summed E-state index contributed by atoms with van der Waals surface area (Å²) in [7, 11) is 1.74. The van der Waals surface area contributed by atoms with Gasteiger partial charge in [0.1, 0.15) is 5.82 Å². The summed E-state index contributed by atoms with van der Waals surface area (Å²) in [4.78, 5) is 13.4. The first-order valence-electron chi connectivity index (χ1n) is 5.53. The minimum atomic E-state index is -0.358. The van der Waals surface area contributed by atoms with Gasteiger partial charge in [-0.1, -0.05) is 19.9 Å². The van der Waals surface area contributed by atoms with Gasteiger partial charge in [0.05, 0.1) is 5.54 Å². The van der Waals surface area contributed by atoms with Gasteiger partial charge in [0, 0.05) is 12.6 Å². The molecule has 0 aromatic heterocycles. The van der Waals surface area contributed by atoms with Crippen LogP contribution in [0, 0.1) is 5.82 Å². The maximum atomic E-state index is 12.9. The van der Waals surface area contributed by atoms with Crippen LogP contribution < -0.4 is 0 Å². The molecule has 0 saturated carbocycles. The smallest absolute Gasteiger partial charge is 0.254 e. The van der Waals surface area contributed by atoms with E-state index in [1.54, 1.807) is 18.0 Å². The van der Waals surface area contributed by atoms with Crippen molar-refractivity contribution in [3.8, 4) is 0 Å². The molecule has 16 heavy (non-hydrogen) atoms. The highest BCUT2D eigenvalue weighted by Gasteiger charge is 2.40. The fourth-order valence-electron chi connectivity index (χ4n) is 1.84. The van der Waals surface area contributed by atoms with Crippen LogP contribution in [-0.2, 0) is 5.54 Å². The van der Waals surface area contributed by atoms with Crippen molar-refractivity contribution < 1.29 is 9.18 Å². The van der Waals surface area contributed by atoms with Gasteiger partial charge in [-0.05, 0) is 31.5 Å². The molecule has 0 spiro atoms. The minimum Gasteiger partial charge on any atom is -0.332 e. The van der Waals surface area contributed by atoms with E-state index >= 15 is 0 Å². The van der Waals surface area contributed by atoms with Gasteiger partial charge in [-0.3, -0.25) is 4.79 Å². The van der Waals surface area contributed by atoms with Crippen LogP contribution in [0.2, 0.25) is 0 Å². The first-order valence-corrected chi connectivity index (χ1v) is 5.53. The third kappa shape index (κ3) is 1.70. The molecule has 1 aliphatic heterocycles. The van der Waals surface area contributed by atoms with Gasteiger partial charge in [0.2, 0.25) is 0 Å². The molecule has 0 saturated heterocycles. The van der Waals surface area contributed by atoms with Gasteiger partial charge in [0.25, 0.3) is 5.91 Å². The van der Waals surface area contributed by atoms with E-state index in [-0.39, 0.29) is 17.3 Å². The zero-order chi connectivity index (χ0) is 12.5. The molecule has 2 rings (SSSR count). The molecule has 0 fully saturated rings. The predicted octanol–water partition coefficient (Wildman–Crippen LogP) is 3.17. The fourth-order valence-corrected chi connectivity index (χ4v) is 1.84. The van der Waals surface area contributed by atoms with Crippen molar-refractivity contribution in [2.45, 2.75) is 33.2 Å². The molecule has 1 aromatic rings. The van der Waals surface area contributed by atoms with Crippen LogP contribution in [0.1, 0.15) is 43.6 Å². The Bertz CT molecular complexity index is 412. The van der Waals surface area contributed by atoms with E-state index in [1.165, 1.54) is 12.1 Å². The molecule has 0 radical (unpaired) electrons. The SMILES string of the molecule is CC.CN1C(=O)c2cc(F)ccc2C1(C)C. The third-order valence-electron chi connectivity index (χ3n) is 3.01.